The Labute approximate surface area is 163 Å². The molecule has 2 aromatic carbocycles. The molecule has 0 radical (unpaired) electrons. The van der Waals surface area contributed by atoms with Gasteiger partial charge in [-0.3, -0.25) is 0 Å². The van der Waals surface area contributed by atoms with Crippen molar-refractivity contribution in [2.24, 2.45) is 0 Å². The van der Waals surface area contributed by atoms with Crippen molar-refractivity contribution in [2.75, 3.05) is 23.8 Å². The SMILES string of the molecule is CCOC(=O)COc1ccc(Nc2cc(Nc3cccc(C)c3)ncn2)cc1. The van der Waals surface area contributed by atoms with Crippen LogP contribution >= 0.6 is 0 Å². The van der Waals surface area contributed by atoms with Crippen molar-refractivity contribution in [2.45, 2.75) is 13.8 Å². The molecule has 0 atom stereocenters. The van der Waals surface area contributed by atoms with Gasteiger partial charge in [-0.2, -0.15) is 0 Å². The lowest BCUT2D eigenvalue weighted by atomic mass is 10.2. The Hall–Kier alpha value is -3.61. The van der Waals surface area contributed by atoms with Crippen LogP contribution in [-0.4, -0.2) is 29.2 Å². The quantitative estimate of drug-likeness (QED) is 0.568. The lowest BCUT2D eigenvalue weighted by Gasteiger charge is -2.10. The van der Waals surface area contributed by atoms with E-state index in [0.717, 1.165) is 11.4 Å². The zero-order chi connectivity index (χ0) is 19.8. The van der Waals surface area contributed by atoms with Crippen molar-refractivity contribution in [1.29, 1.82) is 0 Å². The number of ether oxygens (including phenoxy) is 2. The molecule has 3 aromatic rings. The van der Waals surface area contributed by atoms with Crippen LogP contribution in [0.1, 0.15) is 12.5 Å². The topological polar surface area (TPSA) is 85.4 Å². The second kappa shape index (κ2) is 9.36. The fourth-order valence-electron chi connectivity index (χ4n) is 2.49. The molecule has 1 heterocycles. The van der Waals surface area contributed by atoms with Crippen LogP contribution in [-0.2, 0) is 9.53 Å². The Balaban J connectivity index is 1.60. The minimum Gasteiger partial charge on any atom is -0.482 e. The number of carbonyl (C=O) groups is 1. The van der Waals surface area contributed by atoms with Crippen LogP contribution in [0.4, 0.5) is 23.0 Å². The van der Waals surface area contributed by atoms with Gasteiger partial charge in [0.25, 0.3) is 0 Å². The van der Waals surface area contributed by atoms with Crippen LogP contribution < -0.4 is 15.4 Å². The molecule has 28 heavy (non-hydrogen) atoms. The van der Waals surface area contributed by atoms with E-state index in [1.807, 2.05) is 49.4 Å². The van der Waals surface area contributed by atoms with E-state index in [0.29, 0.717) is 24.0 Å². The summed E-state index contributed by atoms with van der Waals surface area (Å²) in [6, 6.07) is 17.1. The molecule has 0 unspecified atom stereocenters. The van der Waals surface area contributed by atoms with Crippen LogP contribution in [0.3, 0.4) is 0 Å². The Morgan fingerprint density at radius 3 is 2.36 bits per heavy atom. The Kier molecular flexibility index (Phi) is 6.41. The van der Waals surface area contributed by atoms with Crippen LogP contribution in [0.5, 0.6) is 5.75 Å². The first-order valence-corrected chi connectivity index (χ1v) is 8.93. The van der Waals surface area contributed by atoms with Gasteiger partial charge in [0.1, 0.15) is 23.7 Å². The van der Waals surface area contributed by atoms with E-state index >= 15 is 0 Å². The number of anilines is 4. The van der Waals surface area contributed by atoms with Gasteiger partial charge in [-0.1, -0.05) is 12.1 Å². The Morgan fingerprint density at radius 1 is 0.964 bits per heavy atom. The standard InChI is InChI=1S/C21H22N4O3/c1-3-27-21(26)13-28-18-9-7-16(8-10-18)24-19-12-20(23-14-22-19)25-17-6-4-5-15(2)11-17/h4-12,14H,3,13H2,1-2H3,(H2,22,23,24,25). The molecular formula is C21H22N4O3. The lowest BCUT2D eigenvalue weighted by molar-refractivity contribution is -0.145. The average molecular weight is 378 g/mol. The molecule has 0 aliphatic rings. The van der Waals surface area contributed by atoms with Crippen LogP contribution in [0.15, 0.2) is 60.9 Å². The number of hydrogen-bond acceptors (Lipinski definition) is 7. The highest BCUT2D eigenvalue weighted by atomic mass is 16.6. The first-order chi connectivity index (χ1) is 13.6. The highest BCUT2D eigenvalue weighted by Gasteiger charge is 2.04. The first-order valence-electron chi connectivity index (χ1n) is 8.93. The van der Waals surface area contributed by atoms with Gasteiger partial charge in [0.2, 0.25) is 0 Å². The monoisotopic (exact) mass is 378 g/mol. The number of hydrogen-bond donors (Lipinski definition) is 2. The average Bonchev–Trinajstić information content (AvgIpc) is 2.68. The number of aromatic nitrogens is 2. The Morgan fingerprint density at radius 2 is 1.68 bits per heavy atom. The molecule has 0 aliphatic heterocycles. The third-order valence-electron chi connectivity index (χ3n) is 3.75. The third-order valence-corrected chi connectivity index (χ3v) is 3.75. The number of aryl methyl sites for hydroxylation is 1. The minimum atomic E-state index is -0.390. The zero-order valence-electron chi connectivity index (χ0n) is 15.8. The lowest BCUT2D eigenvalue weighted by Crippen LogP contribution is -2.14. The number of nitrogens with one attached hydrogen (secondary N) is 2. The van der Waals surface area contributed by atoms with Crippen molar-refractivity contribution in [3.05, 3.63) is 66.5 Å². The summed E-state index contributed by atoms with van der Waals surface area (Å²) in [4.78, 5) is 19.8. The normalized spacial score (nSPS) is 10.2. The fourth-order valence-corrected chi connectivity index (χ4v) is 2.49. The highest BCUT2D eigenvalue weighted by molar-refractivity contribution is 5.71. The maximum atomic E-state index is 11.3. The van der Waals surface area contributed by atoms with E-state index in [1.165, 1.54) is 11.9 Å². The summed E-state index contributed by atoms with van der Waals surface area (Å²) in [5, 5.41) is 6.48. The number of carbonyl (C=O) groups excluding carboxylic acids is 1. The van der Waals surface area contributed by atoms with Gasteiger partial charge >= 0.3 is 5.97 Å². The number of benzene rings is 2. The smallest absolute Gasteiger partial charge is 0.344 e. The molecule has 144 valence electrons. The van der Waals surface area contributed by atoms with Gasteiger partial charge in [0.05, 0.1) is 6.61 Å². The van der Waals surface area contributed by atoms with E-state index in [-0.39, 0.29) is 12.6 Å². The number of rotatable bonds is 8. The number of nitrogens with zero attached hydrogens (tertiary/aromatic N) is 2. The Bertz CT molecular complexity index is 929. The second-order valence-electron chi connectivity index (χ2n) is 6.03. The molecule has 7 heteroatoms. The minimum absolute atomic E-state index is 0.111. The summed E-state index contributed by atoms with van der Waals surface area (Å²) in [7, 11) is 0. The molecule has 0 fully saturated rings. The molecule has 0 saturated heterocycles. The largest absolute Gasteiger partial charge is 0.482 e. The van der Waals surface area contributed by atoms with Gasteiger partial charge < -0.3 is 20.1 Å². The maximum Gasteiger partial charge on any atom is 0.344 e. The van der Waals surface area contributed by atoms with Gasteiger partial charge in [-0.25, -0.2) is 14.8 Å². The summed E-state index contributed by atoms with van der Waals surface area (Å²) >= 11 is 0. The predicted molar refractivity (Wildman–Crippen MR) is 108 cm³/mol. The molecule has 0 saturated carbocycles. The van der Waals surface area contributed by atoms with Crippen LogP contribution in [0, 0.1) is 6.92 Å². The molecule has 0 spiro atoms. The predicted octanol–water partition coefficient (Wildman–Crippen LogP) is 4.21. The summed E-state index contributed by atoms with van der Waals surface area (Å²) in [5.41, 5.74) is 2.97. The summed E-state index contributed by atoms with van der Waals surface area (Å²) in [5.74, 6) is 1.55. The molecule has 0 aliphatic carbocycles. The van der Waals surface area contributed by atoms with Gasteiger partial charge in [-0.15, -0.1) is 0 Å². The fraction of sp³-hybridized carbons (Fsp3) is 0.190. The first kappa shape index (κ1) is 19.2. The zero-order valence-corrected chi connectivity index (χ0v) is 15.8. The number of esters is 1. The highest BCUT2D eigenvalue weighted by Crippen LogP contribution is 2.21. The van der Waals surface area contributed by atoms with E-state index in [9.17, 15) is 4.79 Å². The summed E-state index contributed by atoms with van der Waals surface area (Å²) < 4.78 is 10.2. The van der Waals surface area contributed by atoms with Gasteiger partial charge in [0, 0.05) is 17.4 Å². The molecule has 0 amide bonds. The van der Waals surface area contributed by atoms with E-state index in [2.05, 4.69) is 20.6 Å². The van der Waals surface area contributed by atoms with Gasteiger partial charge in [-0.05, 0) is 55.8 Å². The summed E-state index contributed by atoms with van der Waals surface area (Å²) in [6.07, 6.45) is 1.50. The molecular weight excluding hydrogens is 356 g/mol. The van der Waals surface area contributed by atoms with E-state index in [1.54, 1.807) is 19.1 Å². The maximum absolute atomic E-state index is 11.3. The molecule has 2 N–H and O–H groups in total. The van der Waals surface area contributed by atoms with E-state index in [4.69, 9.17) is 9.47 Å². The van der Waals surface area contributed by atoms with Crippen molar-refractivity contribution >= 4 is 29.0 Å². The third kappa shape index (κ3) is 5.70. The van der Waals surface area contributed by atoms with Crippen LogP contribution in [0.2, 0.25) is 0 Å². The van der Waals surface area contributed by atoms with Crippen molar-refractivity contribution in [3.63, 3.8) is 0 Å². The van der Waals surface area contributed by atoms with Crippen molar-refractivity contribution in [3.8, 4) is 5.75 Å². The summed E-state index contributed by atoms with van der Waals surface area (Å²) in [6.45, 7) is 4.02. The van der Waals surface area contributed by atoms with E-state index < -0.39 is 0 Å². The van der Waals surface area contributed by atoms with Crippen molar-refractivity contribution < 1.29 is 14.3 Å². The molecule has 3 rings (SSSR count). The second-order valence-corrected chi connectivity index (χ2v) is 6.03. The molecule has 1 aromatic heterocycles. The van der Waals surface area contributed by atoms with Gasteiger partial charge in [0.15, 0.2) is 6.61 Å². The van der Waals surface area contributed by atoms with Crippen molar-refractivity contribution in [1.82, 2.24) is 9.97 Å². The van der Waals surface area contributed by atoms with Crippen LogP contribution in [0.25, 0.3) is 0 Å². The molecule has 7 nitrogen and oxygen atoms in total. The molecule has 0 bridgehead atoms.